The molecule has 12 heteroatoms. The molecule has 0 aliphatic carbocycles. The Kier molecular flexibility index (Phi) is 3.68. The molecule has 0 aromatic heterocycles. The molecule has 0 fully saturated rings. The monoisotopic (exact) mass is 298 g/mol. The van der Waals surface area contributed by atoms with Gasteiger partial charge in [-0.25, -0.2) is 0 Å². The number of hydrogen-bond acceptors (Lipinski definition) is 1. The van der Waals surface area contributed by atoms with Crippen molar-refractivity contribution < 1.29 is 49.0 Å². The molecule has 2 nitrogen and oxygen atoms in total. The Labute approximate surface area is 87.9 Å². The fourth-order valence-electron chi connectivity index (χ4n) is 0.607. The maximum absolute atomic E-state index is 12.5. The van der Waals surface area contributed by atoms with Crippen molar-refractivity contribution in [2.75, 3.05) is 0 Å². The van der Waals surface area contributed by atoms with Crippen LogP contribution in [-0.4, -0.2) is 28.3 Å². The Bertz CT molecular complexity index is 340. The number of alkyl halides is 9. The van der Waals surface area contributed by atoms with E-state index in [1.54, 1.807) is 0 Å². The van der Waals surface area contributed by atoms with Crippen molar-refractivity contribution in [1.29, 1.82) is 0 Å². The average Bonchev–Trinajstić information content (AvgIpc) is 1.98. The van der Waals surface area contributed by atoms with E-state index in [0.29, 0.717) is 0 Å². The van der Waals surface area contributed by atoms with E-state index in [1.807, 2.05) is 0 Å². The van der Waals surface area contributed by atoms with Crippen LogP contribution < -0.4 is 0 Å². The third-order valence-electron chi connectivity index (χ3n) is 1.65. The highest BCUT2D eigenvalue weighted by atomic mass is 31.2. The zero-order valence-electron chi connectivity index (χ0n) is 7.70. The molecule has 0 saturated carbocycles. The van der Waals surface area contributed by atoms with Crippen LogP contribution in [0.3, 0.4) is 0 Å². The summed E-state index contributed by atoms with van der Waals surface area (Å²) in [7, 11) is -7.43. The molecule has 0 heterocycles. The van der Waals surface area contributed by atoms with Crippen molar-refractivity contribution in [3.05, 3.63) is 0 Å². The minimum absolute atomic E-state index is 0.659. The smallest absolute Gasteiger partial charge is 0.336 e. The summed E-state index contributed by atoms with van der Waals surface area (Å²) in [4.78, 5) is 8.15. The quantitative estimate of drug-likeness (QED) is 0.637. The van der Waals surface area contributed by atoms with E-state index in [0.717, 1.165) is 0 Å². The largest absolute Gasteiger partial charge is 0.460 e. The van der Waals surface area contributed by atoms with Crippen LogP contribution in [0.2, 0.25) is 0 Å². The summed E-state index contributed by atoms with van der Waals surface area (Å²) < 4.78 is 119. The summed E-state index contributed by atoms with van der Waals surface area (Å²) in [6.45, 7) is -0.659. The van der Waals surface area contributed by atoms with Crippen molar-refractivity contribution in [3.63, 3.8) is 0 Å². The van der Waals surface area contributed by atoms with E-state index in [1.165, 1.54) is 0 Å². The number of rotatable bonds is 3. The zero-order valence-corrected chi connectivity index (χ0v) is 8.60. The van der Waals surface area contributed by atoms with Gasteiger partial charge in [-0.3, -0.25) is 4.57 Å². The molecule has 0 amide bonds. The Morgan fingerprint density at radius 1 is 0.882 bits per heavy atom. The van der Waals surface area contributed by atoms with Crippen LogP contribution >= 0.6 is 7.37 Å². The molecule has 0 aromatic carbocycles. The van der Waals surface area contributed by atoms with E-state index in [4.69, 9.17) is 4.89 Å². The second kappa shape index (κ2) is 3.78. The lowest BCUT2D eigenvalue weighted by atomic mass is 10.3. The van der Waals surface area contributed by atoms with Gasteiger partial charge in [0.2, 0.25) is 0 Å². The molecule has 0 bridgehead atoms. The number of halogens is 9. The lowest BCUT2D eigenvalue weighted by molar-refractivity contribution is -0.335. The van der Waals surface area contributed by atoms with Crippen molar-refractivity contribution >= 4 is 7.37 Å². The minimum atomic E-state index is -7.43. The molecule has 104 valence electrons. The van der Waals surface area contributed by atoms with Crippen molar-refractivity contribution in [3.8, 4) is 0 Å². The van der Waals surface area contributed by atoms with Crippen molar-refractivity contribution in [2.24, 2.45) is 0 Å². The van der Waals surface area contributed by atoms with Gasteiger partial charge in [0.05, 0.1) is 0 Å². The maximum atomic E-state index is 12.5. The first-order chi connectivity index (χ1) is 7.00. The summed E-state index contributed by atoms with van der Waals surface area (Å²) in [5, 5.41) is 0. The SMILES string of the molecule is CC(F)(F)P(=O)(O)C(F)(F)C(F)(F)C(F)(F)F. The van der Waals surface area contributed by atoms with E-state index in [2.05, 4.69) is 0 Å². The maximum Gasteiger partial charge on any atom is 0.460 e. The molecule has 1 N–H and O–H groups in total. The van der Waals surface area contributed by atoms with Crippen LogP contribution in [0.4, 0.5) is 39.5 Å². The summed E-state index contributed by atoms with van der Waals surface area (Å²) in [5.41, 5.74) is -12.2. The van der Waals surface area contributed by atoms with Gasteiger partial charge in [-0.15, -0.1) is 0 Å². The molecular weight excluding hydrogens is 294 g/mol. The van der Waals surface area contributed by atoms with Gasteiger partial charge in [0.25, 0.3) is 0 Å². The van der Waals surface area contributed by atoms with Gasteiger partial charge >= 0.3 is 30.8 Å². The first-order valence-corrected chi connectivity index (χ1v) is 5.19. The third-order valence-corrected chi connectivity index (χ3v) is 3.75. The van der Waals surface area contributed by atoms with E-state index >= 15 is 0 Å². The third kappa shape index (κ3) is 2.26. The van der Waals surface area contributed by atoms with Gasteiger partial charge in [0, 0.05) is 6.92 Å². The highest BCUT2D eigenvalue weighted by molar-refractivity contribution is 7.60. The summed E-state index contributed by atoms with van der Waals surface area (Å²) >= 11 is 0. The van der Waals surface area contributed by atoms with E-state index in [-0.39, 0.29) is 0 Å². The lowest BCUT2D eigenvalue weighted by Crippen LogP contribution is -2.53. The van der Waals surface area contributed by atoms with Gasteiger partial charge in [-0.05, 0) is 0 Å². The first-order valence-electron chi connectivity index (χ1n) is 3.53. The van der Waals surface area contributed by atoms with Gasteiger partial charge in [-0.2, -0.15) is 39.5 Å². The summed E-state index contributed by atoms with van der Waals surface area (Å²) in [6, 6.07) is 0. The predicted molar refractivity (Wildman–Crippen MR) is 36.4 cm³/mol. The normalized spacial score (nSPS) is 19.0. The Morgan fingerprint density at radius 2 is 1.18 bits per heavy atom. The number of hydrogen-bond donors (Lipinski definition) is 1. The van der Waals surface area contributed by atoms with Crippen molar-refractivity contribution in [1.82, 2.24) is 0 Å². The molecule has 0 aromatic rings. The van der Waals surface area contributed by atoms with Gasteiger partial charge in [0.15, 0.2) is 0 Å². The fourth-order valence-corrected chi connectivity index (χ4v) is 1.61. The van der Waals surface area contributed by atoms with Gasteiger partial charge < -0.3 is 4.89 Å². The Hall–Kier alpha value is -0.440. The first kappa shape index (κ1) is 16.6. The molecule has 0 spiro atoms. The van der Waals surface area contributed by atoms with Crippen LogP contribution in [-0.2, 0) is 4.57 Å². The molecular formula is C5H4F9O2P. The topological polar surface area (TPSA) is 37.3 Å². The lowest BCUT2D eigenvalue weighted by Gasteiger charge is -2.33. The molecule has 0 radical (unpaired) electrons. The van der Waals surface area contributed by atoms with Crippen LogP contribution in [0.1, 0.15) is 6.92 Å². The zero-order chi connectivity index (χ0) is 14.5. The molecule has 1 atom stereocenters. The van der Waals surface area contributed by atoms with E-state index in [9.17, 15) is 44.1 Å². The summed E-state index contributed by atoms with van der Waals surface area (Å²) in [6.07, 6.45) is -6.94. The standard InChI is InChI=1S/C5H4F9O2P/c1-2(6,7)17(15,16)5(13,14)3(8,9)4(10,11)12/h1H3,(H,15,16). The molecule has 0 aliphatic heterocycles. The van der Waals surface area contributed by atoms with Crippen LogP contribution in [0.25, 0.3) is 0 Å². The van der Waals surface area contributed by atoms with Crippen LogP contribution in [0.15, 0.2) is 0 Å². The second-order valence-corrected chi connectivity index (χ2v) is 5.53. The second-order valence-electron chi connectivity index (χ2n) is 3.03. The van der Waals surface area contributed by atoms with Gasteiger partial charge in [0.1, 0.15) is 0 Å². The molecule has 0 rings (SSSR count). The van der Waals surface area contributed by atoms with E-state index < -0.39 is 37.7 Å². The highest BCUT2D eigenvalue weighted by Crippen LogP contribution is 2.72. The van der Waals surface area contributed by atoms with Crippen molar-refractivity contribution in [2.45, 2.75) is 30.3 Å². The Balaban J connectivity index is 5.83. The van der Waals surface area contributed by atoms with Crippen LogP contribution in [0, 0.1) is 0 Å². The molecule has 17 heavy (non-hydrogen) atoms. The molecule has 1 unspecified atom stereocenters. The predicted octanol–water partition coefficient (Wildman–Crippen LogP) is 3.66. The molecule has 0 saturated heterocycles. The Morgan fingerprint density at radius 3 is 1.35 bits per heavy atom. The minimum Gasteiger partial charge on any atom is -0.336 e. The van der Waals surface area contributed by atoms with Crippen LogP contribution in [0.5, 0.6) is 0 Å². The molecule has 0 aliphatic rings. The average molecular weight is 298 g/mol. The summed E-state index contributed by atoms with van der Waals surface area (Å²) in [5.74, 6) is -7.05. The fraction of sp³-hybridized carbons (Fsp3) is 1.00. The van der Waals surface area contributed by atoms with Gasteiger partial charge in [-0.1, -0.05) is 0 Å². The highest BCUT2D eigenvalue weighted by Gasteiger charge is 2.83.